The van der Waals surface area contributed by atoms with Gasteiger partial charge in [0, 0.05) is 18.5 Å². The van der Waals surface area contributed by atoms with E-state index in [4.69, 9.17) is 0 Å². The molecule has 1 fully saturated rings. The van der Waals surface area contributed by atoms with E-state index in [2.05, 4.69) is 10.6 Å². The van der Waals surface area contributed by atoms with Gasteiger partial charge in [0.05, 0.1) is 5.92 Å². The van der Waals surface area contributed by atoms with Crippen molar-refractivity contribution in [1.82, 2.24) is 10.6 Å². The van der Waals surface area contributed by atoms with Crippen molar-refractivity contribution in [2.45, 2.75) is 25.7 Å². The summed E-state index contributed by atoms with van der Waals surface area (Å²) in [4.78, 5) is 12.0. The number of hydrogen-bond donors (Lipinski definition) is 2. The second-order valence-corrected chi connectivity index (χ2v) is 5.80. The van der Waals surface area contributed by atoms with Crippen LogP contribution >= 0.6 is 0 Å². The Morgan fingerprint density at radius 2 is 2.32 bits per heavy atom. The fourth-order valence-electron chi connectivity index (χ4n) is 2.34. The fraction of sp³-hybridized carbons (Fsp3) is 0.533. The number of carbonyl (C=O) groups is 1. The number of rotatable bonds is 4. The third-order valence-corrected chi connectivity index (χ3v) is 3.74. The summed E-state index contributed by atoms with van der Waals surface area (Å²) in [6.45, 7) is 6.20. The summed E-state index contributed by atoms with van der Waals surface area (Å²) in [6, 6.07) is 6.56. The lowest BCUT2D eigenvalue weighted by Crippen LogP contribution is -2.40. The third-order valence-electron chi connectivity index (χ3n) is 3.74. The fourth-order valence-corrected chi connectivity index (χ4v) is 2.34. The summed E-state index contributed by atoms with van der Waals surface area (Å²) < 4.78 is 13.2. The van der Waals surface area contributed by atoms with E-state index >= 15 is 0 Å². The molecule has 1 atom stereocenters. The molecule has 104 valence electrons. The van der Waals surface area contributed by atoms with Crippen molar-refractivity contribution in [2.24, 2.45) is 5.92 Å². The first kappa shape index (κ1) is 14.0. The highest BCUT2D eigenvalue weighted by Gasteiger charge is 2.26. The first-order valence-electron chi connectivity index (χ1n) is 6.73. The Balaban J connectivity index is 1.95. The summed E-state index contributed by atoms with van der Waals surface area (Å²) in [5.74, 6) is -0.0744. The topological polar surface area (TPSA) is 41.1 Å². The van der Waals surface area contributed by atoms with Crippen molar-refractivity contribution in [1.29, 1.82) is 0 Å². The summed E-state index contributed by atoms with van der Waals surface area (Å²) in [7, 11) is 0. The van der Waals surface area contributed by atoms with E-state index in [0.717, 1.165) is 25.1 Å². The third kappa shape index (κ3) is 3.53. The molecular formula is C15H21FN2O. The van der Waals surface area contributed by atoms with E-state index in [1.165, 1.54) is 12.1 Å². The highest BCUT2D eigenvalue weighted by molar-refractivity contribution is 5.79. The Bertz CT molecular complexity index is 453. The van der Waals surface area contributed by atoms with Crippen molar-refractivity contribution in [2.75, 3.05) is 19.6 Å². The summed E-state index contributed by atoms with van der Waals surface area (Å²) in [6.07, 6.45) is 0.895. The molecule has 1 aromatic rings. The maximum absolute atomic E-state index is 13.2. The van der Waals surface area contributed by atoms with Gasteiger partial charge in [0.2, 0.25) is 5.91 Å². The molecule has 2 rings (SSSR count). The number of nitrogens with one attached hydrogen (secondary N) is 2. The Morgan fingerprint density at radius 3 is 2.95 bits per heavy atom. The molecular weight excluding hydrogens is 243 g/mol. The second-order valence-electron chi connectivity index (χ2n) is 5.80. The van der Waals surface area contributed by atoms with E-state index in [-0.39, 0.29) is 23.1 Å². The molecule has 0 saturated carbocycles. The van der Waals surface area contributed by atoms with Crippen LogP contribution in [0.3, 0.4) is 0 Å². The Morgan fingerprint density at radius 1 is 1.53 bits per heavy atom. The van der Waals surface area contributed by atoms with E-state index < -0.39 is 0 Å². The SMILES string of the molecule is CC(C)(CNC(=O)C1CCNC1)c1cccc(F)c1. The first-order chi connectivity index (χ1) is 8.99. The zero-order valence-electron chi connectivity index (χ0n) is 11.5. The molecule has 1 aliphatic heterocycles. The lowest BCUT2D eigenvalue weighted by Gasteiger charge is -2.26. The number of benzene rings is 1. The number of hydrogen-bond acceptors (Lipinski definition) is 2. The van der Waals surface area contributed by atoms with E-state index in [1.54, 1.807) is 6.07 Å². The minimum Gasteiger partial charge on any atom is -0.355 e. The van der Waals surface area contributed by atoms with Crippen LogP contribution in [-0.4, -0.2) is 25.5 Å². The van der Waals surface area contributed by atoms with Gasteiger partial charge in [0.1, 0.15) is 5.82 Å². The average molecular weight is 264 g/mol. The lowest BCUT2D eigenvalue weighted by molar-refractivity contribution is -0.124. The molecule has 0 aromatic heterocycles. The summed E-state index contributed by atoms with van der Waals surface area (Å²) in [5, 5.41) is 6.16. The minimum atomic E-state index is -0.274. The first-order valence-corrected chi connectivity index (χ1v) is 6.73. The van der Waals surface area contributed by atoms with Gasteiger partial charge in [-0.3, -0.25) is 4.79 Å². The van der Waals surface area contributed by atoms with Crippen molar-refractivity contribution in [3.05, 3.63) is 35.6 Å². The highest BCUT2D eigenvalue weighted by atomic mass is 19.1. The van der Waals surface area contributed by atoms with Gasteiger partial charge in [0.25, 0.3) is 0 Å². The van der Waals surface area contributed by atoms with Crippen LogP contribution in [0, 0.1) is 11.7 Å². The van der Waals surface area contributed by atoms with Gasteiger partial charge in [-0.2, -0.15) is 0 Å². The zero-order chi connectivity index (χ0) is 13.9. The molecule has 3 nitrogen and oxygen atoms in total. The van der Waals surface area contributed by atoms with E-state index in [9.17, 15) is 9.18 Å². The molecule has 0 aliphatic carbocycles. The van der Waals surface area contributed by atoms with Crippen LogP contribution in [0.2, 0.25) is 0 Å². The maximum Gasteiger partial charge on any atom is 0.224 e. The number of amides is 1. The standard InChI is InChI=1S/C15H21FN2O/c1-15(2,12-4-3-5-13(16)8-12)10-18-14(19)11-6-7-17-9-11/h3-5,8,11,17H,6-7,9-10H2,1-2H3,(H,18,19). The van der Waals surface area contributed by atoms with Crippen LogP contribution in [0.15, 0.2) is 24.3 Å². The van der Waals surface area contributed by atoms with E-state index in [1.807, 2.05) is 19.9 Å². The molecule has 1 aliphatic rings. The minimum absolute atomic E-state index is 0.0725. The van der Waals surface area contributed by atoms with Crippen LogP contribution < -0.4 is 10.6 Å². The summed E-state index contributed by atoms with van der Waals surface area (Å²) >= 11 is 0. The van der Waals surface area contributed by atoms with Crippen LogP contribution in [0.25, 0.3) is 0 Å². The molecule has 1 amide bonds. The van der Waals surface area contributed by atoms with Gasteiger partial charge in [-0.25, -0.2) is 4.39 Å². The highest BCUT2D eigenvalue weighted by Crippen LogP contribution is 2.23. The van der Waals surface area contributed by atoms with Crippen molar-refractivity contribution in [3.63, 3.8) is 0 Å². The molecule has 1 saturated heterocycles. The Labute approximate surface area is 113 Å². The van der Waals surface area contributed by atoms with Crippen LogP contribution in [0.1, 0.15) is 25.8 Å². The predicted octanol–water partition coefficient (Wildman–Crippen LogP) is 1.83. The molecule has 1 heterocycles. The van der Waals surface area contributed by atoms with Crippen molar-refractivity contribution < 1.29 is 9.18 Å². The van der Waals surface area contributed by atoms with Gasteiger partial charge >= 0.3 is 0 Å². The molecule has 1 aromatic carbocycles. The van der Waals surface area contributed by atoms with Crippen LogP contribution in [0.5, 0.6) is 0 Å². The molecule has 0 spiro atoms. The normalized spacial score (nSPS) is 19.4. The van der Waals surface area contributed by atoms with Crippen molar-refractivity contribution in [3.8, 4) is 0 Å². The van der Waals surface area contributed by atoms with Gasteiger partial charge in [-0.1, -0.05) is 26.0 Å². The zero-order valence-corrected chi connectivity index (χ0v) is 11.5. The van der Waals surface area contributed by atoms with Gasteiger partial charge < -0.3 is 10.6 Å². The van der Waals surface area contributed by atoms with Crippen molar-refractivity contribution >= 4 is 5.91 Å². The Hall–Kier alpha value is -1.42. The maximum atomic E-state index is 13.2. The van der Waals surface area contributed by atoms with Crippen LogP contribution in [-0.2, 0) is 10.2 Å². The average Bonchev–Trinajstić information content (AvgIpc) is 2.90. The van der Waals surface area contributed by atoms with Gasteiger partial charge in [-0.15, -0.1) is 0 Å². The monoisotopic (exact) mass is 264 g/mol. The summed E-state index contributed by atoms with van der Waals surface area (Å²) in [5.41, 5.74) is 0.626. The molecule has 19 heavy (non-hydrogen) atoms. The number of carbonyl (C=O) groups excluding carboxylic acids is 1. The van der Waals surface area contributed by atoms with Crippen LogP contribution in [0.4, 0.5) is 4.39 Å². The molecule has 0 bridgehead atoms. The van der Waals surface area contributed by atoms with E-state index in [0.29, 0.717) is 6.54 Å². The lowest BCUT2D eigenvalue weighted by atomic mass is 9.84. The molecule has 2 N–H and O–H groups in total. The van der Waals surface area contributed by atoms with Gasteiger partial charge in [0.15, 0.2) is 0 Å². The number of halogens is 1. The Kier molecular flexibility index (Phi) is 4.20. The molecule has 1 unspecified atom stereocenters. The van der Waals surface area contributed by atoms with Gasteiger partial charge in [-0.05, 0) is 30.7 Å². The smallest absolute Gasteiger partial charge is 0.224 e. The molecule has 0 radical (unpaired) electrons. The second kappa shape index (κ2) is 5.70. The predicted molar refractivity (Wildman–Crippen MR) is 73.4 cm³/mol. The quantitative estimate of drug-likeness (QED) is 0.871. The molecule has 4 heteroatoms. The largest absolute Gasteiger partial charge is 0.355 e.